The molecule has 2 aliphatic rings. The van der Waals surface area contributed by atoms with Gasteiger partial charge in [0.1, 0.15) is 17.9 Å². The van der Waals surface area contributed by atoms with Gasteiger partial charge in [-0.15, -0.1) is 0 Å². The van der Waals surface area contributed by atoms with Crippen LogP contribution in [0.4, 0.5) is 0 Å². The minimum Gasteiger partial charge on any atom is -0.463 e. The average molecular weight is 441 g/mol. The second-order valence-corrected chi connectivity index (χ2v) is 7.97. The van der Waals surface area contributed by atoms with E-state index in [0.29, 0.717) is 23.1 Å². The Morgan fingerprint density at radius 1 is 1.18 bits per heavy atom. The highest BCUT2D eigenvalue weighted by molar-refractivity contribution is 6.05. The molecule has 1 atom stereocenters. The Hall–Kier alpha value is -4.38. The number of furan rings is 1. The van der Waals surface area contributed by atoms with Crippen molar-refractivity contribution in [2.24, 2.45) is 0 Å². The number of hydrogen-bond acceptors (Lipinski definition) is 5. The zero-order valence-electron chi connectivity index (χ0n) is 17.5. The summed E-state index contributed by atoms with van der Waals surface area (Å²) >= 11 is 0. The second kappa shape index (κ2) is 8.28. The van der Waals surface area contributed by atoms with Crippen LogP contribution in [0.25, 0.3) is 11.0 Å². The Bertz CT molecular complexity index is 1380. The minimum absolute atomic E-state index is 0.212. The van der Waals surface area contributed by atoms with Crippen LogP contribution < -0.4 is 10.6 Å². The quantitative estimate of drug-likeness (QED) is 0.477. The number of hydrogen-bond donors (Lipinski definition) is 2. The number of fused-ring (bicyclic) bond motifs is 2. The number of para-hydroxylation sites is 1. The Labute approximate surface area is 188 Å². The predicted octanol–water partition coefficient (Wildman–Crippen LogP) is 1.86. The van der Waals surface area contributed by atoms with Crippen LogP contribution in [0, 0.1) is 11.8 Å². The predicted molar refractivity (Wildman–Crippen MR) is 117 cm³/mol. The van der Waals surface area contributed by atoms with Gasteiger partial charge in [-0.25, -0.2) is 0 Å². The molecule has 164 valence electrons. The highest BCUT2D eigenvalue weighted by Gasteiger charge is 2.39. The van der Waals surface area contributed by atoms with E-state index in [1.807, 2.05) is 30.3 Å². The molecule has 3 heterocycles. The number of amides is 4. The molecular formula is C25H19N3O5. The molecule has 5 rings (SSSR count). The molecule has 1 saturated heterocycles. The molecule has 2 aliphatic heterocycles. The third-order valence-electron chi connectivity index (χ3n) is 5.83. The molecule has 33 heavy (non-hydrogen) atoms. The monoisotopic (exact) mass is 441 g/mol. The summed E-state index contributed by atoms with van der Waals surface area (Å²) in [5, 5.41) is 5.90. The SMILES string of the molecule is O=C(C#Cc1coc2ccccc12)NCc1ccc2c(c1)CN(C1CCC(=O)NC1=O)C2=O. The lowest BCUT2D eigenvalue weighted by Gasteiger charge is -2.29. The number of benzene rings is 2. The fourth-order valence-corrected chi connectivity index (χ4v) is 4.16. The van der Waals surface area contributed by atoms with Gasteiger partial charge in [-0.1, -0.05) is 30.2 Å². The highest BCUT2D eigenvalue weighted by atomic mass is 16.3. The van der Waals surface area contributed by atoms with Crippen molar-refractivity contribution in [1.82, 2.24) is 15.5 Å². The first-order chi connectivity index (χ1) is 16.0. The molecule has 1 fully saturated rings. The van der Waals surface area contributed by atoms with E-state index in [9.17, 15) is 19.2 Å². The van der Waals surface area contributed by atoms with Crippen LogP contribution in [-0.2, 0) is 27.5 Å². The van der Waals surface area contributed by atoms with Crippen molar-refractivity contribution in [3.8, 4) is 11.8 Å². The van der Waals surface area contributed by atoms with Crippen LogP contribution in [0.1, 0.15) is 39.9 Å². The minimum atomic E-state index is -0.653. The van der Waals surface area contributed by atoms with E-state index in [0.717, 1.165) is 16.5 Å². The summed E-state index contributed by atoms with van der Waals surface area (Å²) in [6.07, 6.45) is 2.05. The molecule has 0 spiro atoms. The van der Waals surface area contributed by atoms with Gasteiger partial charge in [0.15, 0.2) is 0 Å². The summed E-state index contributed by atoms with van der Waals surface area (Å²) < 4.78 is 5.42. The third kappa shape index (κ3) is 3.96. The van der Waals surface area contributed by atoms with Crippen LogP contribution >= 0.6 is 0 Å². The smallest absolute Gasteiger partial charge is 0.296 e. The van der Waals surface area contributed by atoms with Crippen molar-refractivity contribution in [2.75, 3.05) is 0 Å². The molecule has 1 unspecified atom stereocenters. The maximum absolute atomic E-state index is 12.8. The molecule has 3 aromatic rings. The first kappa shape index (κ1) is 20.5. The number of imide groups is 1. The Kier molecular flexibility index (Phi) is 5.15. The first-order valence-electron chi connectivity index (χ1n) is 10.5. The lowest BCUT2D eigenvalue weighted by molar-refractivity contribution is -0.137. The number of carbonyl (C=O) groups is 4. The summed E-state index contributed by atoms with van der Waals surface area (Å²) in [5.41, 5.74) is 3.48. The van der Waals surface area contributed by atoms with Gasteiger partial charge in [0.25, 0.3) is 11.8 Å². The van der Waals surface area contributed by atoms with Gasteiger partial charge >= 0.3 is 0 Å². The molecule has 0 bridgehead atoms. The molecule has 0 aliphatic carbocycles. The van der Waals surface area contributed by atoms with Gasteiger partial charge in [0.2, 0.25) is 11.8 Å². The van der Waals surface area contributed by atoms with E-state index in [4.69, 9.17) is 4.42 Å². The second-order valence-electron chi connectivity index (χ2n) is 7.97. The van der Waals surface area contributed by atoms with Crippen molar-refractivity contribution < 1.29 is 23.6 Å². The van der Waals surface area contributed by atoms with E-state index < -0.39 is 17.9 Å². The summed E-state index contributed by atoms with van der Waals surface area (Å²) in [6, 6.07) is 12.1. The molecule has 2 N–H and O–H groups in total. The Morgan fingerprint density at radius 3 is 2.88 bits per heavy atom. The number of nitrogens with one attached hydrogen (secondary N) is 2. The molecule has 4 amide bonds. The van der Waals surface area contributed by atoms with Crippen LogP contribution in [0.2, 0.25) is 0 Å². The average Bonchev–Trinajstić information content (AvgIpc) is 3.37. The summed E-state index contributed by atoms with van der Waals surface area (Å²) in [7, 11) is 0. The van der Waals surface area contributed by atoms with Crippen molar-refractivity contribution in [3.63, 3.8) is 0 Å². The molecular weight excluding hydrogens is 422 g/mol. The van der Waals surface area contributed by atoms with Gasteiger partial charge in [-0.3, -0.25) is 24.5 Å². The molecule has 2 aromatic carbocycles. The van der Waals surface area contributed by atoms with Crippen LogP contribution in [0.5, 0.6) is 0 Å². The number of carbonyl (C=O) groups excluding carboxylic acids is 4. The highest BCUT2D eigenvalue weighted by Crippen LogP contribution is 2.28. The summed E-state index contributed by atoms with van der Waals surface area (Å²) in [4.78, 5) is 50.0. The van der Waals surface area contributed by atoms with Gasteiger partial charge in [0.05, 0.1) is 5.56 Å². The van der Waals surface area contributed by atoms with Gasteiger partial charge in [-0.05, 0) is 35.7 Å². The van der Waals surface area contributed by atoms with Gasteiger partial charge < -0.3 is 14.6 Å². The lowest BCUT2D eigenvalue weighted by Crippen LogP contribution is -2.52. The van der Waals surface area contributed by atoms with Crippen LogP contribution in [0.3, 0.4) is 0 Å². The number of piperidine rings is 1. The molecule has 0 radical (unpaired) electrons. The van der Waals surface area contributed by atoms with E-state index in [-0.39, 0.29) is 31.3 Å². The van der Waals surface area contributed by atoms with Crippen molar-refractivity contribution in [1.29, 1.82) is 0 Å². The van der Waals surface area contributed by atoms with E-state index in [1.165, 1.54) is 11.2 Å². The van der Waals surface area contributed by atoms with Gasteiger partial charge in [0, 0.05) is 36.4 Å². The lowest BCUT2D eigenvalue weighted by atomic mass is 10.0. The largest absolute Gasteiger partial charge is 0.463 e. The topological polar surface area (TPSA) is 109 Å². The van der Waals surface area contributed by atoms with Crippen molar-refractivity contribution >= 4 is 34.6 Å². The van der Waals surface area contributed by atoms with E-state index in [2.05, 4.69) is 22.5 Å². The fraction of sp³-hybridized carbons (Fsp3) is 0.200. The zero-order chi connectivity index (χ0) is 22.9. The van der Waals surface area contributed by atoms with E-state index >= 15 is 0 Å². The molecule has 0 saturated carbocycles. The van der Waals surface area contributed by atoms with Gasteiger partial charge in [-0.2, -0.15) is 0 Å². The van der Waals surface area contributed by atoms with Crippen molar-refractivity contribution in [3.05, 3.63) is 71.0 Å². The molecule has 8 nitrogen and oxygen atoms in total. The first-order valence-corrected chi connectivity index (χ1v) is 10.5. The summed E-state index contributed by atoms with van der Waals surface area (Å²) in [5.74, 6) is 3.99. The van der Waals surface area contributed by atoms with Crippen LogP contribution in [0.15, 0.2) is 53.1 Å². The summed E-state index contributed by atoms with van der Waals surface area (Å²) in [6.45, 7) is 0.537. The maximum Gasteiger partial charge on any atom is 0.296 e. The Morgan fingerprint density at radius 2 is 2.03 bits per heavy atom. The maximum atomic E-state index is 12.8. The van der Waals surface area contributed by atoms with E-state index in [1.54, 1.807) is 12.1 Å². The molecule has 8 heteroatoms. The normalized spacial score (nSPS) is 17.4. The van der Waals surface area contributed by atoms with Crippen LogP contribution in [-0.4, -0.2) is 34.6 Å². The third-order valence-corrected chi connectivity index (χ3v) is 5.83. The standard InChI is InChI=1S/C25H19N3O5/c29-22(9-6-16-14-33-21-4-2-1-3-18(16)21)26-12-15-5-7-19-17(11-15)13-28(25(19)32)20-8-10-23(30)27-24(20)31/h1-5,7,11,14,20H,8,10,12-13H2,(H,26,29)(H,27,30,31). The zero-order valence-corrected chi connectivity index (χ0v) is 17.5. The fourth-order valence-electron chi connectivity index (χ4n) is 4.16. The number of nitrogens with zero attached hydrogens (tertiary/aromatic N) is 1. The Balaban J connectivity index is 1.23. The van der Waals surface area contributed by atoms with Crippen molar-refractivity contribution in [2.45, 2.75) is 32.0 Å². The molecule has 1 aromatic heterocycles. The number of rotatable bonds is 3.